The number of Topliss-reactive ketones (excluding diaryl/α,β-unsaturated/α-hetero) is 1. The maximum absolute atomic E-state index is 13.1. The largest absolute Gasteiger partial charge is 0.300 e. The van der Waals surface area contributed by atoms with E-state index in [1.807, 2.05) is 20.8 Å². The van der Waals surface area contributed by atoms with E-state index in [4.69, 9.17) is 0 Å². The van der Waals surface area contributed by atoms with Crippen molar-refractivity contribution in [3.05, 3.63) is 35.1 Å². The SMILES string of the molecule is CC(=O)C(Cc1cc(F)ccc1C)C(C)C. The van der Waals surface area contributed by atoms with E-state index in [0.29, 0.717) is 12.3 Å². The topological polar surface area (TPSA) is 17.1 Å². The van der Waals surface area contributed by atoms with Gasteiger partial charge in [0.05, 0.1) is 0 Å². The summed E-state index contributed by atoms with van der Waals surface area (Å²) in [5.74, 6) is 0.228. The number of halogens is 1. The molecule has 0 spiro atoms. The number of rotatable bonds is 4. The molecule has 2 heteroatoms. The molecular weight excluding hydrogens is 203 g/mol. The number of hydrogen-bond donors (Lipinski definition) is 0. The second-order valence-corrected chi connectivity index (χ2v) is 4.74. The standard InChI is InChI=1S/C14H19FO/c1-9(2)14(11(4)16)8-12-7-13(15)6-5-10(12)3/h5-7,9,14H,8H2,1-4H3. The lowest BCUT2D eigenvalue weighted by Crippen LogP contribution is -2.20. The second kappa shape index (κ2) is 5.24. The summed E-state index contributed by atoms with van der Waals surface area (Å²) in [7, 11) is 0. The smallest absolute Gasteiger partial charge is 0.133 e. The molecule has 1 aromatic carbocycles. The van der Waals surface area contributed by atoms with Gasteiger partial charge in [-0.1, -0.05) is 19.9 Å². The van der Waals surface area contributed by atoms with Gasteiger partial charge in [0.1, 0.15) is 11.6 Å². The Morgan fingerprint density at radius 3 is 2.50 bits per heavy atom. The van der Waals surface area contributed by atoms with Crippen LogP contribution in [0, 0.1) is 24.6 Å². The highest BCUT2D eigenvalue weighted by Gasteiger charge is 2.19. The monoisotopic (exact) mass is 222 g/mol. The second-order valence-electron chi connectivity index (χ2n) is 4.74. The molecule has 0 heterocycles. The summed E-state index contributed by atoms with van der Waals surface area (Å²) < 4.78 is 13.1. The number of aryl methyl sites for hydroxylation is 1. The molecule has 0 N–H and O–H groups in total. The average Bonchev–Trinajstić information content (AvgIpc) is 2.18. The van der Waals surface area contributed by atoms with Crippen molar-refractivity contribution in [1.29, 1.82) is 0 Å². The lowest BCUT2D eigenvalue weighted by atomic mass is 9.85. The molecule has 0 radical (unpaired) electrons. The Bertz CT molecular complexity index is 382. The Morgan fingerprint density at radius 2 is 2.00 bits per heavy atom. The van der Waals surface area contributed by atoms with Crippen LogP contribution in [0.3, 0.4) is 0 Å². The van der Waals surface area contributed by atoms with E-state index in [0.717, 1.165) is 11.1 Å². The molecule has 0 saturated heterocycles. The molecule has 1 aromatic rings. The van der Waals surface area contributed by atoms with E-state index in [1.165, 1.54) is 12.1 Å². The number of ketones is 1. The maximum atomic E-state index is 13.1. The van der Waals surface area contributed by atoms with Gasteiger partial charge in [-0.15, -0.1) is 0 Å². The van der Waals surface area contributed by atoms with Crippen LogP contribution in [0.2, 0.25) is 0 Å². The van der Waals surface area contributed by atoms with Crippen molar-refractivity contribution in [3.63, 3.8) is 0 Å². The van der Waals surface area contributed by atoms with Crippen LogP contribution in [0.1, 0.15) is 31.9 Å². The molecule has 1 atom stereocenters. The summed E-state index contributed by atoms with van der Waals surface area (Å²) in [6.45, 7) is 7.62. The minimum absolute atomic E-state index is 0.0134. The molecule has 0 bridgehead atoms. The zero-order valence-electron chi connectivity index (χ0n) is 10.4. The normalized spacial score (nSPS) is 12.9. The van der Waals surface area contributed by atoms with Gasteiger partial charge in [-0.2, -0.15) is 0 Å². The van der Waals surface area contributed by atoms with E-state index in [2.05, 4.69) is 0 Å². The molecule has 0 aliphatic heterocycles. The third kappa shape index (κ3) is 3.16. The zero-order chi connectivity index (χ0) is 12.3. The molecule has 88 valence electrons. The highest BCUT2D eigenvalue weighted by Crippen LogP contribution is 2.21. The zero-order valence-corrected chi connectivity index (χ0v) is 10.4. The van der Waals surface area contributed by atoms with Crippen LogP contribution in [0.4, 0.5) is 4.39 Å². The van der Waals surface area contributed by atoms with Gasteiger partial charge in [0.25, 0.3) is 0 Å². The Labute approximate surface area is 96.7 Å². The van der Waals surface area contributed by atoms with Crippen LogP contribution in [0.25, 0.3) is 0 Å². The van der Waals surface area contributed by atoms with Crippen LogP contribution < -0.4 is 0 Å². The summed E-state index contributed by atoms with van der Waals surface area (Å²) in [5, 5.41) is 0. The van der Waals surface area contributed by atoms with Crippen molar-refractivity contribution < 1.29 is 9.18 Å². The van der Waals surface area contributed by atoms with E-state index in [1.54, 1.807) is 13.0 Å². The van der Waals surface area contributed by atoms with Gasteiger partial charge in [-0.25, -0.2) is 4.39 Å². The van der Waals surface area contributed by atoms with Gasteiger partial charge >= 0.3 is 0 Å². The molecular formula is C14H19FO. The summed E-state index contributed by atoms with van der Waals surface area (Å²) in [6, 6.07) is 4.76. The van der Waals surface area contributed by atoms with Gasteiger partial charge in [0.15, 0.2) is 0 Å². The fraction of sp³-hybridized carbons (Fsp3) is 0.500. The quantitative estimate of drug-likeness (QED) is 0.761. The first kappa shape index (κ1) is 12.9. The number of hydrogen-bond acceptors (Lipinski definition) is 1. The summed E-state index contributed by atoms with van der Waals surface area (Å²) in [4.78, 5) is 11.5. The van der Waals surface area contributed by atoms with Crippen molar-refractivity contribution in [2.24, 2.45) is 11.8 Å². The van der Waals surface area contributed by atoms with E-state index in [-0.39, 0.29) is 17.5 Å². The average molecular weight is 222 g/mol. The van der Waals surface area contributed by atoms with Crippen LogP contribution in [0.5, 0.6) is 0 Å². The van der Waals surface area contributed by atoms with Gasteiger partial charge in [0.2, 0.25) is 0 Å². The third-order valence-electron chi connectivity index (χ3n) is 3.08. The Morgan fingerprint density at radius 1 is 1.38 bits per heavy atom. The maximum Gasteiger partial charge on any atom is 0.133 e. The Hall–Kier alpha value is -1.18. The molecule has 0 saturated carbocycles. The Balaban J connectivity index is 2.93. The van der Waals surface area contributed by atoms with Crippen molar-refractivity contribution >= 4 is 5.78 Å². The first-order chi connectivity index (χ1) is 7.41. The van der Waals surface area contributed by atoms with Gasteiger partial charge in [-0.3, -0.25) is 4.79 Å². The molecule has 0 amide bonds. The highest BCUT2D eigenvalue weighted by atomic mass is 19.1. The highest BCUT2D eigenvalue weighted by molar-refractivity contribution is 5.78. The third-order valence-corrected chi connectivity index (χ3v) is 3.08. The molecule has 0 aliphatic carbocycles. The molecule has 16 heavy (non-hydrogen) atoms. The van der Waals surface area contributed by atoms with Gasteiger partial charge < -0.3 is 0 Å². The van der Waals surface area contributed by atoms with Crippen LogP contribution >= 0.6 is 0 Å². The predicted molar refractivity (Wildman–Crippen MR) is 63.9 cm³/mol. The number of carbonyl (C=O) groups is 1. The molecule has 0 aliphatic rings. The molecule has 1 unspecified atom stereocenters. The molecule has 0 fully saturated rings. The molecule has 0 aromatic heterocycles. The summed E-state index contributed by atoms with van der Waals surface area (Å²) >= 11 is 0. The number of carbonyl (C=O) groups excluding carboxylic acids is 1. The number of benzene rings is 1. The first-order valence-electron chi connectivity index (χ1n) is 5.67. The van der Waals surface area contributed by atoms with Gasteiger partial charge in [-0.05, 0) is 49.4 Å². The minimum Gasteiger partial charge on any atom is -0.300 e. The fourth-order valence-electron chi connectivity index (χ4n) is 1.95. The minimum atomic E-state index is -0.230. The lowest BCUT2D eigenvalue weighted by Gasteiger charge is -2.18. The van der Waals surface area contributed by atoms with Crippen LogP contribution in [0.15, 0.2) is 18.2 Å². The van der Waals surface area contributed by atoms with Crippen molar-refractivity contribution in [3.8, 4) is 0 Å². The summed E-state index contributed by atoms with van der Waals surface area (Å²) in [6.07, 6.45) is 0.636. The van der Waals surface area contributed by atoms with E-state index < -0.39 is 0 Å². The predicted octanol–water partition coefficient (Wildman–Crippen LogP) is 3.54. The lowest BCUT2D eigenvalue weighted by molar-refractivity contribution is -0.121. The Kier molecular flexibility index (Phi) is 4.22. The fourth-order valence-corrected chi connectivity index (χ4v) is 1.95. The molecule has 1 rings (SSSR count). The van der Waals surface area contributed by atoms with Crippen molar-refractivity contribution in [2.75, 3.05) is 0 Å². The van der Waals surface area contributed by atoms with Crippen molar-refractivity contribution in [2.45, 2.75) is 34.1 Å². The van der Waals surface area contributed by atoms with E-state index in [9.17, 15) is 9.18 Å². The van der Waals surface area contributed by atoms with Crippen LogP contribution in [-0.4, -0.2) is 5.78 Å². The molecule has 1 nitrogen and oxygen atoms in total. The van der Waals surface area contributed by atoms with E-state index >= 15 is 0 Å². The van der Waals surface area contributed by atoms with Crippen molar-refractivity contribution in [1.82, 2.24) is 0 Å². The van der Waals surface area contributed by atoms with Gasteiger partial charge in [0, 0.05) is 5.92 Å². The van der Waals surface area contributed by atoms with Crippen LogP contribution in [-0.2, 0) is 11.2 Å². The summed E-state index contributed by atoms with van der Waals surface area (Å²) in [5.41, 5.74) is 1.99. The first-order valence-corrected chi connectivity index (χ1v) is 5.67.